The molecular weight excluding hydrogens is 791 g/mol. The summed E-state index contributed by atoms with van der Waals surface area (Å²) in [5.41, 5.74) is 12.6. The summed E-state index contributed by atoms with van der Waals surface area (Å²) in [7, 11) is 0. The van der Waals surface area contributed by atoms with Crippen molar-refractivity contribution in [1.82, 2.24) is 24.9 Å². The summed E-state index contributed by atoms with van der Waals surface area (Å²) in [5.74, 6) is 4.20. The normalized spacial score (nSPS) is 13.0. The van der Waals surface area contributed by atoms with Crippen LogP contribution in [0.3, 0.4) is 0 Å². The molecule has 0 radical (unpaired) electrons. The second-order valence-electron chi connectivity index (χ2n) is 15.9. The number of ether oxygens (including phenoxy) is 1. The Labute approximate surface area is 366 Å². The van der Waals surface area contributed by atoms with Gasteiger partial charge in [0.25, 0.3) is 0 Å². The van der Waals surface area contributed by atoms with Crippen LogP contribution in [-0.2, 0) is 5.41 Å². The Morgan fingerprint density at radius 3 is 1.41 bits per heavy atom. The second-order valence-corrected chi connectivity index (χ2v) is 17.0. The van der Waals surface area contributed by atoms with E-state index >= 15 is 0 Å². The number of nitrogens with zero attached hydrogens (tertiary/aromatic N) is 5. The molecule has 0 unspecified atom stereocenters. The Hall–Kier alpha value is -8.13. The van der Waals surface area contributed by atoms with Crippen LogP contribution in [0.4, 0.5) is 0 Å². The highest BCUT2D eigenvalue weighted by Gasteiger charge is 2.51. The predicted octanol–water partition coefficient (Wildman–Crippen LogP) is 13.8. The fourth-order valence-corrected chi connectivity index (χ4v) is 10.8. The average molecular weight is 824 g/mol. The standard InChI is InChI=1S/C56H33N5OS/c1-4-16-34(17-5-1)52-57-49(51-50(58-52)41-22-10-15-27-48(41)63-51)37-28-30-39-40-31-29-38(55-60-53(35-18-6-2-7-19-35)59-54(61-55)36-20-8-3-9-21-36)33-45(40)56(44(39)32-37)42-23-11-13-25-46(42)62-47-26-14-12-24-43(47)56/h1-33H. The van der Waals surface area contributed by atoms with E-state index in [0.29, 0.717) is 23.3 Å². The average Bonchev–Trinajstić information content (AvgIpc) is 3.87. The maximum Gasteiger partial charge on any atom is 0.164 e. The topological polar surface area (TPSA) is 73.7 Å². The van der Waals surface area contributed by atoms with Crippen LogP contribution in [0.15, 0.2) is 200 Å². The van der Waals surface area contributed by atoms with Gasteiger partial charge in [0.15, 0.2) is 23.3 Å². The van der Waals surface area contributed by atoms with Crippen molar-refractivity contribution in [2.45, 2.75) is 5.41 Å². The van der Waals surface area contributed by atoms with Gasteiger partial charge in [0, 0.05) is 49.0 Å². The van der Waals surface area contributed by atoms with Gasteiger partial charge in [-0.25, -0.2) is 24.9 Å². The van der Waals surface area contributed by atoms with Crippen LogP contribution in [0.2, 0.25) is 0 Å². The summed E-state index contributed by atoms with van der Waals surface area (Å²) < 4.78 is 9.00. The molecule has 8 aromatic carbocycles. The molecule has 7 heteroatoms. The zero-order valence-electron chi connectivity index (χ0n) is 33.6. The summed E-state index contributed by atoms with van der Waals surface area (Å²) in [6, 6.07) is 69.6. The highest BCUT2D eigenvalue weighted by Crippen LogP contribution is 2.63. The smallest absolute Gasteiger partial charge is 0.164 e. The fourth-order valence-electron chi connectivity index (χ4n) is 9.63. The molecule has 0 amide bonds. The molecule has 0 N–H and O–H groups in total. The van der Waals surface area contributed by atoms with Crippen molar-refractivity contribution in [2.24, 2.45) is 0 Å². The molecule has 0 saturated carbocycles. The number of hydrogen-bond donors (Lipinski definition) is 0. The van der Waals surface area contributed by atoms with Gasteiger partial charge in [0.1, 0.15) is 11.5 Å². The van der Waals surface area contributed by atoms with Gasteiger partial charge in [-0.2, -0.15) is 0 Å². The molecule has 1 aliphatic heterocycles. The van der Waals surface area contributed by atoms with Gasteiger partial charge < -0.3 is 4.74 Å². The van der Waals surface area contributed by atoms with Gasteiger partial charge in [-0.05, 0) is 52.6 Å². The molecule has 2 aliphatic rings. The van der Waals surface area contributed by atoms with Crippen LogP contribution in [0.25, 0.3) is 88.2 Å². The zero-order valence-corrected chi connectivity index (χ0v) is 34.4. The van der Waals surface area contributed by atoms with Crippen LogP contribution in [0.5, 0.6) is 11.5 Å². The molecule has 0 fully saturated rings. The number of para-hydroxylation sites is 2. The van der Waals surface area contributed by atoms with Gasteiger partial charge in [-0.3, -0.25) is 0 Å². The molecule has 63 heavy (non-hydrogen) atoms. The molecule has 1 aliphatic carbocycles. The summed E-state index contributed by atoms with van der Waals surface area (Å²) in [5, 5.41) is 1.13. The Kier molecular flexibility index (Phi) is 7.89. The minimum Gasteiger partial charge on any atom is -0.457 e. The van der Waals surface area contributed by atoms with Crippen molar-refractivity contribution in [2.75, 3.05) is 0 Å². The van der Waals surface area contributed by atoms with Crippen LogP contribution < -0.4 is 4.74 Å². The maximum absolute atomic E-state index is 6.76. The molecule has 3 aromatic heterocycles. The molecular formula is C56H33N5OS. The van der Waals surface area contributed by atoms with Gasteiger partial charge >= 0.3 is 0 Å². The van der Waals surface area contributed by atoms with Crippen LogP contribution in [-0.4, -0.2) is 24.9 Å². The molecule has 0 atom stereocenters. The monoisotopic (exact) mass is 823 g/mol. The molecule has 13 rings (SSSR count). The number of hydrogen-bond acceptors (Lipinski definition) is 7. The van der Waals surface area contributed by atoms with Gasteiger partial charge in [0.2, 0.25) is 0 Å². The summed E-state index contributed by atoms with van der Waals surface area (Å²) in [4.78, 5) is 26.0. The van der Waals surface area contributed by atoms with E-state index in [9.17, 15) is 0 Å². The van der Waals surface area contributed by atoms with Gasteiger partial charge in [0.05, 0.1) is 21.3 Å². The van der Waals surface area contributed by atoms with Crippen molar-refractivity contribution in [3.05, 3.63) is 222 Å². The third-order valence-electron chi connectivity index (χ3n) is 12.4. The predicted molar refractivity (Wildman–Crippen MR) is 253 cm³/mol. The largest absolute Gasteiger partial charge is 0.457 e. The van der Waals surface area contributed by atoms with Crippen molar-refractivity contribution in [3.8, 4) is 79.4 Å². The molecule has 0 saturated heterocycles. The van der Waals surface area contributed by atoms with Crippen molar-refractivity contribution < 1.29 is 4.74 Å². The molecule has 1 spiro atoms. The fraction of sp³-hybridized carbons (Fsp3) is 0.0179. The summed E-state index contributed by atoms with van der Waals surface area (Å²) in [6.07, 6.45) is 0. The Morgan fingerprint density at radius 1 is 0.365 bits per heavy atom. The van der Waals surface area contributed by atoms with Crippen molar-refractivity contribution in [1.29, 1.82) is 0 Å². The third-order valence-corrected chi connectivity index (χ3v) is 13.6. The Balaban J connectivity index is 1.08. The lowest BCUT2D eigenvalue weighted by Gasteiger charge is -2.39. The van der Waals surface area contributed by atoms with Crippen molar-refractivity contribution in [3.63, 3.8) is 0 Å². The van der Waals surface area contributed by atoms with E-state index in [1.807, 2.05) is 78.9 Å². The number of benzene rings is 8. The highest BCUT2D eigenvalue weighted by atomic mass is 32.1. The van der Waals surface area contributed by atoms with Crippen LogP contribution in [0.1, 0.15) is 22.3 Å². The van der Waals surface area contributed by atoms with E-state index in [0.717, 1.165) is 94.0 Å². The summed E-state index contributed by atoms with van der Waals surface area (Å²) in [6.45, 7) is 0. The molecule has 11 aromatic rings. The summed E-state index contributed by atoms with van der Waals surface area (Å²) >= 11 is 1.75. The SMILES string of the molecule is c1ccc(-c2nc(-c3ccccc3)nc(-c3ccc4c(c3)C3(c5ccccc5Oc5ccccc53)c3cc(-c5nc(-c6ccccc6)nc6c5sc5ccccc56)ccc3-4)n2)cc1. The number of fused-ring (bicyclic) bond motifs is 12. The van der Waals surface area contributed by atoms with E-state index in [1.54, 1.807) is 11.3 Å². The second kappa shape index (κ2) is 14.0. The van der Waals surface area contributed by atoms with E-state index in [2.05, 4.69) is 121 Å². The third kappa shape index (κ3) is 5.46. The van der Waals surface area contributed by atoms with E-state index < -0.39 is 5.41 Å². The quantitative estimate of drug-likeness (QED) is 0.172. The lowest BCUT2D eigenvalue weighted by atomic mass is 9.65. The molecule has 6 nitrogen and oxygen atoms in total. The lowest BCUT2D eigenvalue weighted by molar-refractivity contribution is 0.436. The van der Waals surface area contributed by atoms with Gasteiger partial charge in [-0.1, -0.05) is 170 Å². The minimum absolute atomic E-state index is 0.604. The first-order valence-electron chi connectivity index (χ1n) is 21.0. The van der Waals surface area contributed by atoms with E-state index in [1.165, 1.54) is 4.70 Å². The Bertz CT molecular complexity index is 3500. The van der Waals surface area contributed by atoms with E-state index in [4.69, 9.17) is 29.7 Å². The molecule has 294 valence electrons. The first kappa shape index (κ1) is 35.6. The van der Waals surface area contributed by atoms with Crippen molar-refractivity contribution >= 4 is 31.6 Å². The number of aromatic nitrogens is 5. The zero-order chi connectivity index (χ0) is 41.5. The minimum atomic E-state index is -0.756. The van der Waals surface area contributed by atoms with E-state index in [-0.39, 0.29) is 0 Å². The first-order valence-corrected chi connectivity index (χ1v) is 21.8. The molecule has 0 bridgehead atoms. The number of thiophene rings is 1. The first-order chi connectivity index (χ1) is 31.2. The maximum atomic E-state index is 6.76. The van der Waals surface area contributed by atoms with Gasteiger partial charge in [-0.15, -0.1) is 11.3 Å². The Morgan fingerprint density at radius 2 is 0.825 bits per heavy atom. The lowest BCUT2D eigenvalue weighted by Crippen LogP contribution is -2.32. The van der Waals surface area contributed by atoms with Crippen LogP contribution in [0, 0.1) is 0 Å². The van der Waals surface area contributed by atoms with Crippen LogP contribution >= 0.6 is 11.3 Å². The number of rotatable bonds is 5. The highest BCUT2D eigenvalue weighted by molar-refractivity contribution is 7.26. The molecule has 4 heterocycles.